The number of benzene rings is 3. The van der Waals surface area contributed by atoms with Crippen LogP contribution in [0, 0.1) is 0 Å². The number of carboxylic acid groups (broad SMARTS) is 1. The van der Waals surface area contributed by atoms with E-state index in [4.69, 9.17) is 24.1 Å². The lowest BCUT2D eigenvalue weighted by Gasteiger charge is -2.23. The van der Waals surface area contributed by atoms with Gasteiger partial charge in [-0.1, -0.05) is 34.1 Å². The van der Waals surface area contributed by atoms with Gasteiger partial charge in [-0.2, -0.15) is 0 Å². The van der Waals surface area contributed by atoms with Gasteiger partial charge >= 0.3 is 17.9 Å². The molecule has 3 aromatic carbocycles. The summed E-state index contributed by atoms with van der Waals surface area (Å²) in [5.74, 6) is -0.114. The summed E-state index contributed by atoms with van der Waals surface area (Å²) in [5.41, 5.74) is 1.56. The number of aliphatic carboxylic acids is 1. The minimum atomic E-state index is -0.985. The van der Waals surface area contributed by atoms with Gasteiger partial charge in [0.05, 0.1) is 16.6 Å². The molecule has 3 heterocycles. The van der Waals surface area contributed by atoms with Crippen LogP contribution in [0.25, 0.3) is 32.7 Å². The highest BCUT2D eigenvalue weighted by atomic mass is 79.9. The van der Waals surface area contributed by atoms with Crippen molar-refractivity contribution >= 4 is 66.5 Å². The summed E-state index contributed by atoms with van der Waals surface area (Å²) in [5, 5.41) is 20.6. The number of alkyl halides is 1. The molecule has 3 aromatic heterocycles. The molecular formula is C44H50BrN3O9. The Morgan fingerprint density at radius 2 is 0.947 bits per heavy atom. The minimum absolute atomic E-state index is 0.215. The van der Waals surface area contributed by atoms with Crippen molar-refractivity contribution in [2.45, 2.75) is 90.6 Å². The Balaban J connectivity index is 0.000000212. The number of halogens is 1. The molecule has 3 unspecified atom stereocenters. The van der Waals surface area contributed by atoms with Crippen molar-refractivity contribution in [3.63, 3.8) is 0 Å². The first-order valence-corrected chi connectivity index (χ1v) is 19.0. The molecule has 0 amide bonds. The van der Waals surface area contributed by atoms with E-state index in [1.165, 1.54) is 6.92 Å². The second-order valence-electron chi connectivity index (χ2n) is 14.5. The second-order valence-corrected chi connectivity index (χ2v) is 15.9. The number of aromatic nitrogens is 3. The molecule has 6 rings (SSSR count). The zero-order valence-electron chi connectivity index (χ0n) is 33.6. The van der Waals surface area contributed by atoms with Crippen molar-refractivity contribution in [1.82, 2.24) is 15.0 Å². The van der Waals surface area contributed by atoms with Crippen LogP contribution in [0.1, 0.15) is 62.3 Å². The third-order valence-corrected chi connectivity index (χ3v) is 7.63. The standard InChI is InChI=1S/C16H19NO3.C12H11NO3.C9H7NO.C7H13BrO2/c1-11(15(18)20-16(2,3)4)19-14-9-5-8-13-12(14)7-6-10-17-13;1-8(12(14)15)16-11-6-2-5-10-9(11)4-3-7-13-10;11-9-5-1-4-8-7(9)3-2-6-10-8;1-5(8)6(9)10-7(2,3)4/h5-11H,1-4H3;2-8H,1H3,(H,14,15);1-6,11H;5H,1-4H3. The van der Waals surface area contributed by atoms with Crippen LogP contribution in [0.2, 0.25) is 0 Å². The molecule has 57 heavy (non-hydrogen) atoms. The van der Waals surface area contributed by atoms with E-state index in [1.807, 2.05) is 102 Å². The molecule has 6 aromatic rings. The van der Waals surface area contributed by atoms with Gasteiger partial charge < -0.3 is 29.2 Å². The number of hydrogen-bond acceptors (Lipinski definition) is 11. The number of carbonyl (C=O) groups excluding carboxylic acids is 2. The normalized spacial score (nSPS) is 12.5. The Kier molecular flexibility index (Phi) is 16.7. The number of fused-ring (bicyclic) bond motifs is 3. The fraction of sp³-hybridized carbons (Fsp3) is 0.318. The quantitative estimate of drug-likeness (QED) is 0.116. The number of carboxylic acids is 1. The van der Waals surface area contributed by atoms with E-state index in [0.29, 0.717) is 11.5 Å². The van der Waals surface area contributed by atoms with Crippen LogP contribution in [-0.2, 0) is 23.9 Å². The largest absolute Gasteiger partial charge is 0.507 e. The highest BCUT2D eigenvalue weighted by molar-refractivity contribution is 9.10. The predicted molar refractivity (Wildman–Crippen MR) is 225 cm³/mol. The van der Waals surface area contributed by atoms with Crippen molar-refractivity contribution in [2.75, 3.05) is 0 Å². The number of ether oxygens (including phenoxy) is 4. The van der Waals surface area contributed by atoms with Crippen molar-refractivity contribution in [1.29, 1.82) is 0 Å². The van der Waals surface area contributed by atoms with Gasteiger partial charge in [-0.05, 0) is 135 Å². The average molecular weight is 845 g/mol. The molecule has 0 saturated heterocycles. The Bertz CT molecular complexity index is 2240. The summed E-state index contributed by atoms with van der Waals surface area (Å²) in [6.45, 7) is 16.0. The zero-order valence-corrected chi connectivity index (χ0v) is 35.2. The maximum absolute atomic E-state index is 11.9. The monoisotopic (exact) mass is 843 g/mol. The van der Waals surface area contributed by atoms with Crippen molar-refractivity contribution in [3.05, 3.63) is 110 Å². The van der Waals surface area contributed by atoms with Gasteiger partial charge in [0.25, 0.3) is 0 Å². The number of pyridine rings is 3. The van der Waals surface area contributed by atoms with Gasteiger partial charge in [0, 0.05) is 34.7 Å². The van der Waals surface area contributed by atoms with Crippen molar-refractivity contribution < 1.29 is 43.5 Å². The van der Waals surface area contributed by atoms with Crippen LogP contribution in [0.3, 0.4) is 0 Å². The molecule has 12 nitrogen and oxygen atoms in total. The van der Waals surface area contributed by atoms with E-state index in [-0.39, 0.29) is 28.1 Å². The van der Waals surface area contributed by atoms with Gasteiger partial charge in [-0.3, -0.25) is 19.7 Å². The van der Waals surface area contributed by atoms with E-state index in [0.717, 1.165) is 32.7 Å². The van der Waals surface area contributed by atoms with Gasteiger partial charge in [0.1, 0.15) is 33.3 Å². The lowest BCUT2D eigenvalue weighted by molar-refractivity contribution is -0.162. The number of aromatic hydroxyl groups is 1. The molecule has 0 bridgehead atoms. The molecule has 0 fully saturated rings. The molecule has 302 valence electrons. The number of nitrogens with zero attached hydrogens (tertiary/aromatic N) is 3. The Morgan fingerprint density at radius 3 is 1.33 bits per heavy atom. The first-order chi connectivity index (χ1) is 26.8. The van der Waals surface area contributed by atoms with Crippen molar-refractivity contribution in [2.24, 2.45) is 0 Å². The highest BCUT2D eigenvalue weighted by Gasteiger charge is 2.23. The van der Waals surface area contributed by atoms with Crippen LogP contribution in [0.4, 0.5) is 0 Å². The molecule has 0 aliphatic heterocycles. The molecule has 13 heteroatoms. The number of rotatable bonds is 7. The fourth-order valence-corrected chi connectivity index (χ4v) is 4.78. The highest BCUT2D eigenvalue weighted by Crippen LogP contribution is 2.26. The van der Waals surface area contributed by atoms with E-state index < -0.39 is 23.8 Å². The van der Waals surface area contributed by atoms with Crippen LogP contribution in [0.15, 0.2) is 110 Å². The predicted octanol–water partition coefficient (Wildman–Crippen LogP) is 9.48. The lowest BCUT2D eigenvalue weighted by Crippen LogP contribution is -2.33. The molecule has 0 aliphatic carbocycles. The topological polar surface area (TPSA) is 167 Å². The number of carbonyl (C=O) groups is 3. The summed E-state index contributed by atoms with van der Waals surface area (Å²) in [6, 6.07) is 27.3. The summed E-state index contributed by atoms with van der Waals surface area (Å²) in [6.07, 6.45) is 3.59. The Labute approximate surface area is 341 Å². The summed E-state index contributed by atoms with van der Waals surface area (Å²) >= 11 is 3.12. The van der Waals surface area contributed by atoms with Crippen LogP contribution < -0.4 is 9.47 Å². The first-order valence-electron chi connectivity index (χ1n) is 18.1. The SMILES string of the molecule is CC(Br)C(=O)OC(C)(C)C.CC(Oc1cccc2ncccc12)C(=O)O.CC(Oc1cccc2ncccc12)C(=O)OC(C)(C)C.Oc1cccc2ncccc12. The molecule has 0 spiro atoms. The van der Waals surface area contributed by atoms with E-state index in [2.05, 4.69) is 30.9 Å². The Hall–Kier alpha value is -5.82. The molecule has 0 saturated carbocycles. The van der Waals surface area contributed by atoms with E-state index in [1.54, 1.807) is 62.8 Å². The summed E-state index contributed by atoms with van der Waals surface area (Å²) in [4.78, 5) is 45.8. The molecular weight excluding hydrogens is 794 g/mol. The fourth-order valence-electron chi connectivity index (χ4n) is 4.69. The molecule has 2 N–H and O–H groups in total. The van der Waals surface area contributed by atoms with Crippen LogP contribution in [0.5, 0.6) is 17.2 Å². The Morgan fingerprint density at radius 1 is 0.561 bits per heavy atom. The third kappa shape index (κ3) is 15.3. The molecule has 0 radical (unpaired) electrons. The van der Waals surface area contributed by atoms with Gasteiger partial charge in [0.15, 0.2) is 12.2 Å². The van der Waals surface area contributed by atoms with E-state index >= 15 is 0 Å². The summed E-state index contributed by atoms with van der Waals surface area (Å²) in [7, 11) is 0. The zero-order chi connectivity index (χ0) is 42.3. The van der Waals surface area contributed by atoms with Gasteiger partial charge in [-0.25, -0.2) is 9.59 Å². The number of phenolic OH excluding ortho intramolecular Hbond substituents is 1. The smallest absolute Gasteiger partial charge is 0.347 e. The average Bonchev–Trinajstić information content (AvgIpc) is 3.15. The number of hydrogen-bond donors (Lipinski definition) is 2. The van der Waals surface area contributed by atoms with Crippen LogP contribution in [-0.4, -0.2) is 71.3 Å². The second kappa shape index (κ2) is 20.9. The van der Waals surface area contributed by atoms with E-state index in [9.17, 15) is 19.5 Å². The maximum Gasteiger partial charge on any atom is 0.347 e. The van der Waals surface area contributed by atoms with Crippen molar-refractivity contribution in [3.8, 4) is 17.2 Å². The number of esters is 2. The number of phenols is 1. The third-order valence-electron chi connectivity index (χ3n) is 7.26. The van der Waals surface area contributed by atoms with Gasteiger partial charge in [-0.15, -0.1) is 0 Å². The molecule has 0 aliphatic rings. The minimum Gasteiger partial charge on any atom is -0.507 e. The summed E-state index contributed by atoms with van der Waals surface area (Å²) < 4.78 is 21.4. The first kappa shape index (κ1) is 45.6. The van der Waals surface area contributed by atoms with Crippen LogP contribution >= 0.6 is 15.9 Å². The lowest BCUT2D eigenvalue weighted by atomic mass is 10.2. The van der Waals surface area contributed by atoms with Gasteiger partial charge in [0.2, 0.25) is 0 Å². The maximum atomic E-state index is 11.9. The molecule has 3 atom stereocenters.